The van der Waals surface area contributed by atoms with Crippen LogP contribution in [-0.2, 0) is 0 Å². The number of benzene rings is 1. The molecule has 7 heteroatoms. The zero-order valence-corrected chi connectivity index (χ0v) is 14.6. The van der Waals surface area contributed by atoms with E-state index in [1.807, 2.05) is 0 Å². The van der Waals surface area contributed by atoms with E-state index in [1.54, 1.807) is 30.5 Å². The second-order valence-electron chi connectivity index (χ2n) is 6.26. The van der Waals surface area contributed by atoms with Crippen LogP contribution >= 0.6 is 22.9 Å². The fourth-order valence-corrected chi connectivity index (χ4v) is 4.20. The molecule has 5 rings (SSSR count). The van der Waals surface area contributed by atoms with Crippen LogP contribution in [0.15, 0.2) is 30.5 Å². The summed E-state index contributed by atoms with van der Waals surface area (Å²) in [4.78, 5) is 19.7. The molecule has 1 aromatic heterocycles. The van der Waals surface area contributed by atoms with Crippen LogP contribution in [0.3, 0.4) is 0 Å². The molecule has 1 aromatic carbocycles. The lowest BCUT2D eigenvalue weighted by Crippen LogP contribution is -2.57. The van der Waals surface area contributed by atoms with E-state index in [-0.39, 0.29) is 11.9 Å². The van der Waals surface area contributed by atoms with Gasteiger partial charge in [-0.2, -0.15) is 0 Å². The Labute approximate surface area is 149 Å². The van der Waals surface area contributed by atoms with Crippen molar-refractivity contribution in [1.29, 1.82) is 0 Å². The van der Waals surface area contributed by atoms with Crippen LogP contribution in [-0.4, -0.2) is 41.5 Å². The number of aromatic nitrogens is 1. The Kier molecular flexibility index (Phi) is 4.43. The number of halogens is 1. The molecule has 3 fully saturated rings. The molecule has 1 amide bonds. The van der Waals surface area contributed by atoms with Gasteiger partial charge in [0.1, 0.15) is 10.6 Å². The minimum absolute atomic E-state index is 0.0581. The summed E-state index contributed by atoms with van der Waals surface area (Å²) in [6.07, 6.45) is 3.93. The zero-order chi connectivity index (χ0) is 16.5. The predicted molar refractivity (Wildman–Crippen MR) is 94.1 cm³/mol. The van der Waals surface area contributed by atoms with Crippen molar-refractivity contribution in [2.45, 2.75) is 18.9 Å². The van der Waals surface area contributed by atoms with Gasteiger partial charge in [0.2, 0.25) is 0 Å². The van der Waals surface area contributed by atoms with Crippen molar-refractivity contribution in [1.82, 2.24) is 15.2 Å². The van der Waals surface area contributed by atoms with Crippen molar-refractivity contribution in [3.63, 3.8) is 0 Å². The van der Waals surface area contributed by atoms with Crippen molar-refractivity contribution in [2.75, 3.05) is 19.6 Å². The number of nitrogens with zero attached hydrogens (tertiary/aromatic N) is 2. The summed E-state index contributed by atoms with van der Waals surface area (Å²) in [7, 11) is 0. The van der Waals surface area contributed by atoms with Gasteiger partial charge in [-0.25, -0.2) is 4.98 Å². The van der Waals surface area contributed by atoms with E-state index in [2.05, 4.69) is 15.2 Å². The second kappa shape index (κ2) is 6.70. The molecule has 0 aliphatic carbocycles. The topological polar surface area (TPSA) is 54.5 Å². The van der Waals surface area contributed by atoms with Crippen molar-refractivity contribution >= 4 is 28.8 Å². The molecule has 0 spiro atoms. The van der Waals surface area contributed by atoms with Crippen LogP contribution in [0.5, 0.6) is 10.9 Å². The van der Waals surface area contributed by atoms with Gasteiger partial charge in [0.25, 0.3) is 11.1 Å². The number of thiazole rings is 1. The Morgan fingerprint density at radius 2 is 2.04 bits per heavy atom. The SMILES string of the molecule is O=C(NC1CN2CCC1CC2)c1cnc(Oc2ccc(Cl)cc2)s1. The summed E-state index contributed by atoms with van der Waals surface area (Å²) in [6.45, 7) is 3.29. The molecule has 2 bridgehead atoms. The maximum atomic E-state index is 12.5. The molecule has 1 atom stereocenters. The standard InChI is InChI=1S/C17H18ClN3O2S/c18-12-1-3-13(4-2-12)23-17-19-9-15(24-17)16(22)20-14-10-21-7-5-11(14)6-8-21/h1-4,9,11,14H,5-8,10H2,(H,20,22). The number of amides is 1. The van der Waals surface area contributed by atoms with Gasteiger partial charge in [-0.3, -0.25) is 4.79 Å². The first-order valence-electron chi connectivity index (χ1n) is 8.10. The largest absolute Gasteiger partial charge is 0.431 e. The van der Waals surface area contributed by atoms with Gasteiger partial charge in [0.05, 0.1) is 6.20 Å². The van der Waals surface area contributed by atoms with Crippen LogP contribution in [0.25, 0.3) is 0 Å². The average Bonchev–Trinajstić information content (AvgIpc) is 3.07. The first kappa shape index (κ1) is 15.9. The molecular weight excluding hydrogens is 346 g/mol. The number of carbonyl (C=O) groups excluding carboxylic acids is 1. The van der Waals surface area contributed by atoms with Gasteiger partial charge in [0, 0.05) is 17.6 Å². The number of hydrogen-bond donors (Lipinski definition) is 1. The number of fused-ring (bicyclic) bond motifs is 3. The third-order valence-electron chi connectivity index (χ3n) is 4.70. The molecule has 3 aliphatic rings. The van der Waals surface area contributed by atoms with Crippen LogP contribution in [0, 0.1) is 5.92 Å². The second-order valence-corrected chi connectivity index (χ2v) is 7.69. The highest BCUT2D eigenvalue weighted by atomic mass is 35.5. The number of nitrogens with one attached hydrogen (secondary N) is 1. The zero-order valence-electron chi connectivity index (χ0n) is 13.1. The monoisotopic (exact) mass is 363 g/mol. The third kappa shape index (κ3) is 3.41. The Morgan fingerprint density at radius 3 is 2.71 bits per heavy atom. The Morgan fingerprint density at radius 1 is 1.29 bits per heavy atom. The minimum atomic E-state index is -0.0581. The van der Waals surface area contributed by atoms with Crippen LogP contribution in [0.4, 0.5) is 0 Å². The van der Waals surface area contributed by atoms with E-state index >= 15 is 0 Å². The van der Waals surface area contributed by atoms with Crippen molar-refractivity contribution in [3.8, 4) is 10.9 Å². The van der Waals surface area contributed by atoms with Crippen molar-refractivity contribution < 1.29 is 9.53 Å². The molecule has 0 radical (unpaired) electrons. The Hall–Kier alpha value is -1.63. The van der Waals surface area contributed by atoms with Gasteiger partial charge >= 0.3 is 0 Å². The third-order valence-corrected chi connectivity index (χ3v) is 5.83. The molecule has 3 aliphatic heterocycles. The lowest BCUT2D eigenvalue weighted by Gasteiger charge is -2.44. The fraction of sp³-hybridized carbons (Fsp3) is 0.412. The van der Waals surface area contributed by atoms with E-state index in [1.165, 1.54) is 24.2 Å². The van der Waals surface area contributed by atoms with Crippen molar-refractivity contribution in [3.05, 3.63) is 40.4 Å². The average molecular weight is 364 g/mol. The number of hydrogen-bond acceptors (Lipinski definition) is 5. The molecule has 5 nitrogen and oxygen atoms in total. The molecule has 0 saturated carbocycles. The fourth-order valence-electron chi connectivity index (χ4n) is 3.38. The Bertz CT molecular complexity index is 726. The van der Waals surface area contributed by atoms with E-state index in [0.717, 1.165) is 19.6 Å². The van der Waals surface area contributed by atoms with Gasteiger partial charge in [-0.15, -0.1) is 0 Å². The number of rotatable bonds is 4. The Balaban J connectivity index is 1.39. The van der Waals surface area contributed by atoms with Crippen LogP contribution in [0.1, 0.15) is 22.5 Å². The number of ether oxygens (including phenoxy) is 1. The van der Waals surface area contributed by atoms with Gasteiger partial charge < -0.3 is 15.0 Å². The molecule has 1 N–H and O–H groups in total. The lowest BCUT2D eigenvalue weighted by atomic mass is 9.84. The summed E-state index contributed by atoms with van der Waals surface area (Å²) < 4.78 is 5.66. The van der Waals surface area contributed by atoms with E-state index in [0.29, 0.717) is 26.8 Å². The van der Waals surface area contributed by atoms with Gasteiger partial charge in [0.15, 0.2) is 0 Å². The number of piperidine rings is 3. The predicted octanol–water partition coefficient (Wildman–Crippen LogP) is 3.41. The molecular formula is C17H18ClN3O2S. The highest BCUT2D eigenvalue weighted by Crippen LogP contribution is 2.30. The highest BCUT2D eigenvalue weighted by molar-refractivity contribution is 7.15. The quantitative estimate of drug-likeness (QED) is 0.904. The van der Waals surface area contributed by atoms with E-state index in [4.69, 9.17) is 16.3 Å². The van der Waals surface area contributed by atoms with Crippen molar-refractivity contribution in [2.24, 2.45) is 5.92 Å². The lowest BCUT2D eigenvalue weighted by molar-refractivity contribution is 0.0622. The molecule has 4 heterocycles. The van der Waals surface area contributed by atoms with E-state index < -0.39 is 0 Å². The van der Waals surface area contributed by atoms with Crippen LogP contribution < -0.4 is 10.1 Å². The summed E-state index contributed by atoms with van der Waals surface area (Å²) >= 11 is 7.11. The molecule has 1 unspecified atom stereocenters. The normalized spacial score (nSPS) is 25.5. The number of carbonyl (C=O) groups is 1. The summed E-state index contributed by atoms with van der Waals surface area (Å²) in [5, 5.41) is 4.27. The van der Waals surface area contributed by atoms with Crippen LogP contribution in [0.2, 0.25) is 5.02 Å². The molecule has 3 saturated heterocycles. The first-order chi connectivity index (χ1) is 11.7. The minimum Gasteiger partial charge on any atom is -0.431 e. The van der Waals surface area contributed by atoms with Gasteiger partial charge in [-0.1, -0.05) is 22.9 Å². The highest BCUT2D eigenvalue weighted by Gasteiger charge is 2.35. The smallest absolute Gasteiger partial charge is 0.279 e. The molecule has 126 valence electrons. The summed E-state index contributed by atoms with van der Waals surface area (Å²) in [5.74, 6) is 1.20. The van der Waals surface area contributed by atoms with Gasteiger partial charge in [-0.05, 0) is 56.1 Å². The maximum Gasteiger partial charge on any atom is 0.279 e. The van der Waals surface area contributed by atoms with E-state index in [9.17, 15) is 4.79 Å². The molecule has 2 aromatic rings. The summed E-state index contributed by atoms with van der Waals surface area (Å²) in [5.41, 5.74) is 0. The first-order valence-corrected chi connectivity index (χ1v) is 9.29. The maximum absolute atomic E-state index is 12.5. The molecule has 24 heavy (non-hydrogen) atoms. The summed E-state index contributed by atoms with van der Waals surface area (Å²) in [6, 6.07) is 7.31.